The van der Waals surface area contributed by atoms with E-state index in [0.717, 1.165) is 55.5 Å². The molecule has 0 heterocycles. The lowest BCUT2D eigenvalue weighted by molar-refractivity contribution is 0.00697. The minimum Gasteiger partial charge on any atom is -0.494 e. The highest BCUT2D eigenvalue weighted by Crippen LogP contribution is 2.61. The summed E-state index contributed by atoms with van der Waals surface area (Å²) in [6, 6.07) is 7.82. The highest BCUT2D eigenvalue weighted by Gasteiger charge is 2.55. The van der Waals surface area contributed by atoms with Crippen LogP contribution in [-0.2, 0) is 6.42 Å². The van der Waals surface area contributed by atoms with Gasteiger partial charge in [0.1, 0.15) is 5.75 Å². The fraction of sp³-hybridized carbons (Fsp3) is 0.800. The third kappa shape index (κ3) is 5.65. The van der Waals surface area contributed by atoms with Gasteiger partial charge in [-0.15, -0.1) is 0 Å². The van der Waals surface area contributed by atoms with Crippen molar-refractivity contribution in [3.8, 4) is 5.75 Å². The van der Waals surface area contributed by atoms with Crippen molar-refractivity contribution < 1.29 is 4.74 Å². The summed E-state index contributed by atoms with van der Waals surface area (Å²) in [5.74, 6) is 3.62. The highest BCUT2D eigenvalue weighted by molar-refractivity contribution is 5.40. The first-order chi connectivity index (χ1) is 16.4. The summed E-state index contributed by atoms with van der Waals surface area (Å²) in [6.45, 7) is 6.71. The van der Waals surface area contributed by atoms with Crippen molar-refractivity contribution in [2.24, 2.45) is 23.0 Å². The summed E-state index contributed by atoms with van der Waals surface area (Å²) < 4.78 is 6.12. The first-order valence-electron chi connectivity index (χ1n) is 14.2. The van der Waals surface area contributed by atoms with E-state index in [1.54, 1.807) is 11.1 Å². The molecule has 0 aliphatic heterocycles. The average molecular weight is 470 g/mol. The Hall–Kier alpha value is -1.10. The zero-order chi connectivity index (χ0) is 24.1. The zero-order valence-corrected chi connectivity index (χ0v) is 22.5. The number of hydrogen-bond donors (Lipinski definition) is 1. The lowest BCUT2D eigenvalue weighted by Crippen LogP contribution is -2.49. The topological polar surface area (TPSA) is 41.7 Å². The van der Waals surface area contributed by atoms with Crippen LogP contribution in [0.1, 0.15) is 88.2 Å². The second-order valence-electron chi connectivity index (χ2n) is 12.1. The molecule has 3 aliphatic rings. The van der Waals surface area contributed by atoms with Crippen LogP contribution in [0.25, 0.3) is 0 Å². The van der Waals surface area contributed by atoms with E-state index in [-0.39, 0.29) is 0 Å². The maximum atomic E-state index is 6.12. The van der Waals surface area contributed by atoms with Crippen molar-refractivity contribution in [2.75, 3.05) is 47.4 Å². The van der Waals surface area contributed by atoms with E-state index in [2.05, 4.69) is 56.1 Å². The van der Waals surface area contributed by atoms with Gasteiger partial charge in [-0.3, -0.25) is 0 Å². The minimum atomic E-state index is 0.499. The van der Waals surface area contributed by atoms with Crippen molar-refractivity contribution in [3.63, 3.8) is 0 Å². The van der Waals surface area contributed by atoms with Gasteiger partial charge in [-0.25, -0.2) is 0 Å². The Morgan fingerprint density at radius 3 is 2.59 bits per heavy atom. The zero-order valence-electron chi connectivity index (χ0n) is 22.5. The van der Waals surface area contributed by atoms with E-state index in [0.29, 0.717) is 5.41 Å². The summed E-state index contributed by atoms with van der Waals surface area (Å²) >= 11 is 0. The van der Waals surface area contributed by atoms with E-state index in [1.807, 2.05) is 0 Å². The lowest BCUT2D eigenvalue weighted by Gasteiger charge is -2.52. The monoisotopic (exact) mass is 469 g/mol. The predicted octanol–water partition coefficient (Wildman–Crippen LogP) is 5.69. The Morgan fingerprint density at radius 2 is 1.79 bits per heavy atom. The molecule has 4 nitrogen and oxygen atoms in total. The average Bonchev–Trinajstić information content (AvgIpc) is 3.18. The number of fused-ring (bicyclic) bond motifs is 5. The van der Waals surface area contributed by atoms with Crippen molar-refractivity contribution in [1.82, 2.24) is 9.80 Å². The summed E-state index contributed by atoms with van der Waals surface area (Å²) in [5, 5.41) is 0. The molecule has 1 aromatic carbocycles. The molecular formula is C30H51N3O. The molecule has 0 spiro atoms. The van der Waals surface area contributed by atoms with Crippen LogP contribution in [0.3, 0.4) is 0 Å². The van der Waals surface area contributed by atoms with Gasteiger partial charge in [0, 0.05) is 6.04 Å². The third-order valence-electron chi connectivity index (χ3n) is 9.66. The van der Waals surface area contributed by atoms with Gasteiger partial charge >= 0.3 is 0 Å². The molecule has 5 atom stereocenters. The Balaban J connectivity index is 1.35. The minimum absolute atomic E-state index is 0.499. The Kier molecular flexibility index (Phi) is 8.98. The van der Waals surface area contributed by atoms with Crippen LogP contribution in [0, 0.1) is 17.3 Å². The first kappa shape index (κ1) is 26.0. The molecule has 2 saturated carbocycles. The van der Waals surface area contributed by atoms with E-state index < -0.39 is 0 Å². The van der Waals surface area contributed by atoms with Gasteiger partial charge in [0.05, 0.1) is 6.61 Å². The van der Waals surface area contributed by atoms with E-state index in [4.69, 9.17) is 10.5 Å². The van der Waals surface area contributed by atoms with Crippen LogP contribution in [0.4, 0.5) is 0 Å². The van der Waals surface area contributed by atoms with Gasteiger partial charge in [0.15, 0.2) is 0 Å². The molecule has 3 aliphatic carbocycles. The third-order valence-corrected chi connectivity index (χ3v) is 9.66. The number of hydrogen-bond acceptors (Lipinski definition) is 4. The van der Waals surface area contributed by atoms with Crippen molar-refractivity contribution >= 4 is 0 Å². The number of unbranched alkanes of at least 4 members (excludes halogenated alkanes) is 3. The molecule has 0 aromatic heterocycles. The second kappa shape index (κ2) is 11.8. The molecule has 0 amide bonds. The van der Waals surface area contributed by atoms with Crippen LogP contribution in [-0.4, -0.2) is 63.2 Å². The number of aryl methyl sites for hydroxylation is 1. The van der Waals surface area contributed by atoms with Gasteiger partial charge < -0.3 is 20.3 Å². The maximum Gasteiger partial charge on any atom is 0.119 e. The summed E-state index contributed by atoms with van der Waals surface area (Å²) in [5.41, 5.74) is 9.31. The van der Waals surface area contributed by atoms with Crippen LogP contribution in [0.5, 0.6) is 5.75 Å². The van der Waals surface area contributed by atoms with E-state index in [9.17, 15) is 0 Å². The molecule has 1 aromatic rings. The van der Waals surface area contributed by atoms with E-state index >= 15 is 0 Å². The Labute approximate surface area is 209 Å². The molecule has 1 unspecified atom stereocenters. The molecule has 192 valence electrons. The fourth-order valence-electron chi connectivity index (χ4n) is 7.93. The molecular weight excluding hydrogens is 418 g/mol. The number of benzene rings is 1. The second-order valence-corrected chi connectivity index (χ2v) is 12.1. The summed E-state index contributed by atoms with van der Waals surface area (Å²) in [4.78, 5) is 5.04. The van der Waals surface area contributed by atoms with Crippen LogP contribution < -0.4 is 10.5 Å². The largest absolute Gasteiger partial charge is 0.494 e. The molecule has 0 saturated heterocycles. The molecule has 4 rings (SSSR count). The fourth-order valence-corrected chi connectivity index (χ4v) is 7.93. The Morgan fingerprint density at radius 1 is 0.971 bits per heavy atom. The molecule has 4 heteroatoms. The van der Waals surface area contributed by atoms with Crippen molar-refractivity contribution in [3.05, 3.63) is 29.3 Å². The maximum absolute atomic E-state index is 6.12. The van der Waals surface area contributed by atoms with Gasteiger partial charge in [-0.2, -0.15) is 0 Å². The summed E-state index contributed by atoms with van der Waals surface area (Å²) in [7, 11) is 6.78. The number of ether oxygens (including phenoxy) is 1. The normalized spacial score (nSPS) is 30.3. The number of nitrogens with zero attached hydrogens (tertiary/aromatic N) is 2. The first-order valence-corrected chi connectivity index (χ1v) is 14.2. The van der Waals surface area contributed by atoms with Crippen LogP contribution in [0.15, 0.2) is 18.2 Å². The quantitative estimate of drug-likeness (QED) is 0.399. The van der Waals surface area contributed by atoms with Gasteiger partial charge in [0.25, 0.3) is 0 Å². The number of nitrogens with two attached hydrogens (primary N) is 1. The highest BCUT2D eigenvalue weighted by atomic mass is 16.5. The van der Waals surface area contributed by atoms with Crippen molar-refractivity contribution in [2.45, 2.75) is 89.5 Å². The SMILES string of the molecule is CN(C)CCCN(C)C1CC[C@H]2[C@@H]3CCc4cc(OCCCCCCN)ccc4[C@H]3CC[C@]12C. The van der Waals surface area contributed by atoms with Gasteiger partial charge in [0.2, 0.25) is 0 Å². The van der Waals surface area contributed by atoms with E-state index in [1.165, 1.54) is 70.9 Å². The smallest absolute Gasteiger partial charge is 0.119 e. The summed E-state index contributed by atoms with van der Waals surface area (Å²) in [6.07, 6.45) is 14.2. The standard InChI is InChI=1S/C30H51N3O/c1-30-17-16-26-25-13-11-24(34-21-8-6-5-7-18-31)22-23(25)10-12-27(26)28(30)14-15-29(30)33(4)20-9-19-32(2)3/h11,13,22,26-29H,5-10,12,14-21,31H2,1-4H3/t26-,27-,28+,29?,30+/m1/s1. The molecule has 2 N–H and O–H groups in total. The van der Waals surface area contributed by atoms with Crippen LogP contribution >= 0.6 is 0 Å². The predicted molar refractivity (Wildman–Crippen MR) is 144 cm³/mol. The van der Waals surface area contributed by atoms with Crippen LogP contribution in [0.2, 0.25) is 0 Å². The van der Waals surface area contributed by atoms with Gasteiger partial charge in [-0.1, -0.05) is 25.8 Å². The lowest BCUT2D eigenvalue weighted by atomic mass is 9.55. The molecule has 0 radical (unpaired) electrons. The Bertz CT molecular complexity index is 780. The van der Waals surface area contributed by atoms with Crippen molar-refractivity contribution in [1.29, 1.82) is 0 Å². The number of rotatable bonds is 12. The van der Waals surface area contributed by atoms with Gasteiger partial charge in [-0.05, 0) is 145 Å². The molecule has 2 fully saturated rings. The molecule has 34 heavy (non-hydrogen) atoms. The molecule has 0 bridgehead atoms.